The van der Waals surface area contributed by atoms with Crippen LogP contribution in [0.4, 0.5) is 10.5 Å². The monoisotopic (exact) mass is 706 g/mol. The van der Waals surface area contributed by atoms with E-state index in [0.29, 0.717) is 36.2 Å². The molecule has 1 aliphatic heterocycles. The molecular formula is C30H28ClIN2O6S. The molecule has 3 aromatic carbocycles. The Morgan fingerprint density at radius 3 is 2.51 bits per heavy atom. The molecule has 0 aromatic heterocycles. The molecule has 214 valence electrons. The first-order chi connectivity index (χ1) is 19.5. The molecule has 0 saturated carbocycles. The minimum Gasteiger partial charge on any atom is -0.493 e. The van der Waals surface area contributed by atoms with Crippen LogP contribution in [0.3, 0.4) is 0 Å². The van der Waals surface area contributed by atoms with Gasteiger partial charge in [-0.05, 0) is 114 Å². The zero-order valence-corrected chi connectivity index (χ0v) is 26.6. The van der Waals surface area contributed by atoms with Crippen LogP contribution < -0.4 is 19.5 Å². The molecule has 11 heteroatoms. The van der Waals surface area contributed by atoms with Crippen LogP contribution in [0, 0.1) is 24.3 Å². The predicted molar refractivity (Wildman–Crippen MR) is 170 cm³/mol. The van der Waals surface area contributed by atoms with E-state index in [1.807, 2.05) is 45.0 Å². The minimum absolute atomic E-state index is 0.139. The number of aryl methyl sites for hydroxylation is 3. The van der Waals surface area contributed by atoms with Crippen LogP contribution in [-0.4, -0.2) is 48.8 Å². The second kappa shape index (κ2) is 13.6. The van der Waals surface area contributed by atoms with Crippen LogP contribution in [0.1, 0.15) is 22.3 Å². The molecule has 4 rings (SSSR count). The van der Waals surface area contributed by atoms with Gasteiger partial charge in [-0.2, -0.15) is 0 Å². The van der Waals surface area contributed by atoms with Crippen molar-refractivity contribution in [1.29, 1.82) is 0 Å². The molecular weight excluding hydrogens is 679 g/mol. The second-order valence-electron chi connectivity index (χ2n) is 9.29. The highest BCUT2D eigenvalue weighted by Gasteiger charge is 2.35. The number of carbonyl (C=O) groups is 3. The van der Waals surface area contributed by atoms with E-state index >= 15 is 0 Å². The molecule has 41 heavy (non-hydrogen) atoms. The molecule has 0 aliphatic carbocycles. The maximum absolute atomic E-state index is 13.0. The second-order valence-corrected chi connectivity index (χ2v) is 11.8. The lowest BCUT2D eigenvalue weighted by Gasteiger charge is -2.15. The normalized spacial score (nSPS) is 14.0. The van der Waals surface area contributed by atoms with Gasteiger partial charge in [0.1, 0.15) is 12.4 Å². The van der Waals surface area contributed by atoms with Crippen LogP contribution >= 0.6 is 46.0 Å². The van der Waals surface area contributed by atoms with Crippen molar-refractivity contribution < 1.29 is 28.6 Å². The maximum Gasteiger partial charge on any atom is 0.293 e. The molecule has 0 unspecified atom stereocenters. The third-order valence-corrected chi connectivity index (χ3v) is 8.26. The summed E-state index contributed by atoms with van der Waals surface area (Å²) in [6.45, 7) is 5.88. The van der Waals surface area contributed by atoms with E-state index in [4.69, 9.17) is 25.8 Å². The lowest BCUT2D eigenvalue weighted by Crippen LogP contribution is -2.32. The summed E-state index contributed by atoms with van der Waals surface area (Å²) in [6, 6.07) is 14.6. The number of halogens is 2. The molecule has 3 aromatic rings. The molecule has 0 bridgehead atoms. The van der Waals surface area contributed by atoms with E-state index in [1.54, 1.807) is 30.3 Å². The van der Waals surface area contributed by atoms with Crippen molar-refractivity contribution in [2.75, 3.05) is 32.2 Å². The summed E-state index contributed by atoms with van der Waals surface area (Å²) in [5.74, 6) is 0.761. The number of rotatable bonds is 10. The van der Waals surface area contributed by atoms with Gasteiger partial charge in [-0.25, -0.2) is 0 Å². The fourth-order valence-electron chi connectivity index (χ4n) is 3.92. The van der Waals surface area contributed by atoms with Gasteiger partial charge in [-0.1, -0.05) is 29.8 Å². The van der Waals surface area contributed by atoms with Crippen LogP contribution in [0.5, 0.6) is 17.2 Å². The van der Waals surface area contributed by atoms with Crippen molar-refractivity contribution in [3.05, 3.63) is 84.3 Å². The van der Waals surface area contributed by atoms with E-state index in [1.165, 1.54) is 12.0 Å². The molecule has 1 N–H and O–H groups in total. The number of carbonyl (C=O) groups excluding carboxylic acids is 3. The number of imide groups is 1. The molecule has 1 aliphatic rings. The number of anilines is 1. The number of ether oxygens (including phenoxy) is 3. The summed E-state index contributed by atoms with van der Waals surface area (Å²) in [6.07, 6.45) is 1.64. The maximum atomic E-state index is 13.0. The molecule has 0 atom stereocenters. The number of nitrogens with one attached hydrogen (secondary N) is 1. The largest absolute Gasteiger partial charge is 0.493 e. The van der Waals surface area contributed by atoms with Gasteiger partial charge in [0.15, 0.2) is 18.1 Å². The van der Waals surface area contributed by atoms with E-state index in [2.05, 4.69) is 27.9 Å². The summed E-state index contributed by atoms with van der Waals surface area (Å²) < 4.78 is 17.8. The van der Waals surface area contributed by atoms with Crippen molar-refractivity contribution in [3.63, 3.8) is 0 Å². The Morgan fingerprint density at radius 2 is 1.78 bits per heavy atom. The van der Waals surface area contributed by atoms with Gasteiger partial charge in [-0.15, -0.1) is 0 Å². The average molecular weight is 707 g/mol. The molecule has 1 saturated heterocycles. The molecule has 0 radical (unpaired) electrons. The Labute approximate surface area is 261 Å². The third kappa shape index (κ3) is 7.75. The van der Waals surface area contributed by atoms with E-state index in [-0.39, 0.29) is 36.8 Å². The third-order valence-electron chi connectivity index (χ3n) is 6.14. The van der Waals surface area contributed by atoms with Crippen LogP contribution in [0.25, 0.3) is 6.08 Å². The summed E-state index contributed by atoms with van der Waals surface area (Å²) in [7, 11) is 1.49. The lowest BCUT2D eigenvalue weighted by atomic mass is 10.1. The van der Waals surface area contributed by atoms with Crippen LogP contribution in [0.2, 0.25) is 5.02 Å². The highest BCUT2D eigenvalue weighted by atomic mass is 127. The fraction of sp³-hybridized carbons (Fsp3) is 0.233. The summed E-state index contributed by atoms with van der Waals surface area (Å²) in [5.41, 5.74) is 4.17. The van der Waals surface area contributed by atoms with Gasteiger partial charge in [-0.3, -0.25) is 19.3 Å². The van der Waals surface area contributed by atoms with Crippen molar-refractivity contribution >= 4 is 74.8 Å². The van der Waals surface area contributed by atoms with Gasteiger partial charge in [0.2, 0.25) is 0 Å². The number of hydrogen-bond acceptors (Lipinski definition) is 7. The Bertz CT molecular complexity index is 1540. The van der Waals surface area contributed by atoms with Crippen molar-refractivity contribution in [3.8, 4) is 17.2 Å². The number of benzene rings is 3. The Hall–Kier alpha value is -3.22. The minimum atomic E-state index is -0.383. The first kappa shape index (κ1) is 30.7. The molecule has 1 fully saturated rings. The SMILES string of the molecule is COc1cc(/C=C2\SC(=O)N(CCOc3cc(C)ccc3C)C2=O)cc(I)c1OCC(=O)Nc1ccc(C)c(Cl)c1. The van der Waals surface area contributed by atoms with Crippen molar-refractivity contribution in [1.82, 2.24) is 4.90 Å². The van der Waals surface area contributed by atoms with Gasteiger partial charge in [0.05, 0.1) is 22.1 Å². The van der Waals surface area contributed by atoms with E-state index in [0.717, 1.165) is 34.2 Å². The summed E-state index contributed by atoms with van der Waals surface area (Å²) >= 11 is 9.08. The molecule has 0 spiro atoms. The quantitative estimate of drug-likeness (QED) is 0.179. The highest BCUT2D eigenvalue weighted by Crippen LogP contribution is 2.37. The molecule has 8 nitrogen and oxygen atoms in total. The molecule has 3 amide bonds. The van der Waals surface area contributed by atoms with Gasteiger partial charge < -0.3 is 19.5 Å². The first-order valence-electron chi connectivity index (χ1n) is 12.6. The van der Waals surface area contributed by atoms with Crippen LogP contribution in [0.15, 0.2) is 53.4 Å². The van der Waals surface area contributed by atoms with Crippen molar-refractivity contribution in [2.45, 2.75) is 20.8 Å². The molecule has 1 heterocycles. The Kier molecular flexibility index (Phi) is 10.2. The van der Waals surface area contributed by atoms with Gasteiger partial charge in [0.25, 0.3) is 17.1 Å². The first-order valence-corrected chi connectivity index (χ1v) is 14.8. The topological polar surface area (TPSA) is 94.2 Å². The number of thioether (sulfide) groups is 1. The van der Waals surface area contributed by atoms with Crippen LogP contribution in [-0.2, 0) is 9.59 Å². The number of nitrogens with zero attached hydrogens (tertiary/aromatic N) is 1. The standard InChI is InChI=1S/C30H28ClIN2O6S/c1-17-5-6-19(3)24(11-17)39-10-9-34-29(36)26(41-30(34)37)14-20-12-23(32)28(25(13-20)38-4)40-16-27(35)33-21-8-7-18(2)22(31)15-21/h5-8,11-15H,9-10,16H2,1-4H3,(H,33,35)/b26-14-. The lowest BCUT2D eigenvalue weighted by molar-refractivity contribution is -0.123. The number of amides is 3. The van der Waals surface area contributed by atoms with E-state index in [9.17, 15) is 14.4 Å². The highest BCUT2D eigenvalue weighted by molar-refractivity contribution is 14.1. The Balaban J connectivity index is 1.40. The Morgan fingerprint density at radius 1 is 1.02 bits per heavy atom. The van der Waals surface area contributed by atoms with Crippen molar-refractivity contribution in [2.24, 2.45) is 0 Å². The van der Waals surface area contributed by atoms with E-state index < -0.39 is 0 Å². The fourth-order valence-corrected chi connectivity index (χ4v) is 5.75. The smallest absolute Gasteiger partial charge is 0.293 e. The van der Waals surface area contributed by atoms with Gasteiger partial charge in [0, 0.05) is 10.7 Å². The number of hydrogen-bond donors (Lipinski definition) is 1. The summed E-state index contributed by atoms with van der Waals surface area (Å²) in [4.78, 5) is 39.5. The summed E-state index contributed by atoms with van der Waals surface area (Å²) in [5, 5.41) is 2.95. The van der Waals surface area contributed by atoms with Gasteiger partial charge >= 0.3 is 0 Å². The number of methoxy groups -OCH3 is 1. The zero-order chi connectivity index (χ0) is 29.7. The predicted octanol–water partition coefficient (Wildman–Crippen LogP) is 7.01. The average Bonchev–Trinajstić information content (AvgIpc) is 3.19. The zero-order valence-electron chi connectivity index (χ0n) is 22.9.